The smallest absolute Gasteiger partial charge is 0.319 e. The van der Waals surface area contributed by atoms with Crippen molar-refractivity contribution < 1.29 is 13.2 Å². The lowest BCUT2D eigenvalue weighted by molar-refractivity contribution is 0.254. The van der Waals surface area contributed by atoms with Gasteiger partial charge in [0.15, 0.2) is 0 Å². The zero-order chi connectivity index (χ0) is 16.3. The van der Waals surface area contributed by atoms with Crippen LogP contribution in [0.2, 0.25) is 0 Å². The molecule has 0 aliphatic carbocycles. The molecule has 2 aromatic rings. The molecule has 0 atom stereocenters. The molecule has 0 bridgehead atoms. The molecule has 0 heterocycles. The maximum absolute atomic E-state index is 11.6. The van der Waals surface area contributed by atoms with Crippen LogP contribution < -0.4 is 15.8 Å². The Kier molecular flexibility index (Phi) is 4.48. The highest BCUT2D eigenvalue weighted by Gasteiger charge is 2.15. The Labute approximate surface area is 129 Å². The van der Waals surface area contributed by atoms with Crippen molar-refractivity contribution in [2.45, 2.75) is 11.8 Å². The Morgan fingerprint density at radius 3 is 2.18 bits per heavy atom. The highest BCUT2D eigenvalue weighted by molar-refractivity contribution is 7.89. The number of hydrogen-bond acceptors (Lipinski definition) is 3. The van der Waals surface area contributed by atoms with Crippen LogP contribution >= 0.6 is 0 Å². The Morgan fingerprint density at radius 2 is 1.68 bits per heavy atom. The van der Waals surface area contributed by atoms with Crippen LogP contribution in [-0.2, 0) is 10.0 Å². The number of carbonyl (C=O) groups excluding carboxylic acids is 1. The van der Waals surface area contributed by atoms with Crippen molar-refractivity contribution >= 4 is 21.7 Å². The van der Waals surface area contributed by atoms with Gasteiger partial charge < -0.3 is 5.73 Å². The quantitative estimate of drug-likeness (QED) is 0.898. The minimum Gasteiger partial charge on any atom is -0.351 e. The zero-order valence-corrected chi connectivity index (χ0v) is 12.9. The lowest BCUT2D eigenvalue weighted by Gasteiger charge is -2.18. The lowest BCUT2D eigenvalue weighted by Crippen LogP contribution is -2.35. The Morgan fingerprint density at radius 1 is 1.09 bits per heavy atom. The number of benzene rings is 2. The maximum atomic E-state index is 11.6. The molecular weight excluding hydrogens is 302 g/mol. The lowest BCUT2D eigenvalue weighted by atomic mass is 10.1. The normalized spacial score (nSPS) is 11.2. The summed E-state index contributed by atoms with van der Waals surface area (Å²) >= 11 is 0. The molecular formula is C15H17N3O3S. The van der Waals surface area contributed by atoms with Gasteiger partial charge in [-0.2, -0.15) is 0 Å². The Hall–Kier alpha value is -2.38. The number of sulfonamides is 1. The number of hydrogen-bond donors (Lipinski definition) is 2. The number of nitrogens with zero attached hydrogens (tertiary/aromatic N) is 1. The molecule has 0 saturated carbocycles. The van der Waals surface area contributed by atoms with Crippen molar-refractivity contribution in [3.05, 3.63) is 48.5 Å². The largest absolute Gasteiger partial charge is 0.351 e. The predicted molar refractivity (Wildman–Crippen MR) is 85.9 cm³/mol. The summed E-state index contributed by atoms with van der Waals surface area (Å²) in [6.45, 7) is 2.26. The summed E-state index contributed by atoms with van der Waals surface area (Å²) in [5.74, 6) is 0. The van der Waals surface area contributed by atoms with Gasteiger partial charge in [0.2, 0.25) is 10.0 Å². The molecule has 0 aliphatic rings. The predicted octanol–water partition coefficient (Wildman–Crippen LogP) is 1.91. The van der Waals surface area contributed by atoms with E-state index in [0.717, 1.165) is 0 Å². The fraction of sp³-hybridized carbons (Fsp3) is 0.133. The fourth-order valence-corrected chi connectivity index (χ4v) is 3.00. The van der Waals surface area contributed by atoms with Crippen LogP contribution in [0.3, 0.4) is 0 Å². The van der Waals surface area contributed by atoms with E-state index in [1.54, 1.807) is 42.5 Å². The summed E-state index contributed by atoms with van der Waals surface area (Å²) in [7, 11) is -3.81. The Bertz CT molecular complexity index is 786. The molecule has 2 aromatic carbocycles. The van der Waals surface area contributed by atoms with Gasteiger partial charge >= 0.3 is 6.03 Å². The maximum Gasteiger partial charge on any atom is 0.319 e. The first-order chi connectivity index (χ1) is 10.3. The fourth-order valence-electron chi connectivity index (χ4n) is 2.24. The van der Waals surface area contributed by atoms with Gasteiger partial charge in [-0.25, -0.2) is 18.4 Å². The summed E-state index contributed by atoms with van der Waals surface area (Å²) < 4.78 is 23.3. The van der Waals surface area contributed by atoms with Crippen LogP contribution in [0.15, 0.2) is 53.4 Å². The average Bonchev–Trinajstić information content (AvgIpc) is 2.47. The number of nitrogens with two attached hydrogens (primary N) is 2. The second kappa shape index (κ2) is 6.17. The van der Waals surface area contributed by atoms with Crippen LogP contribution in [0.5, 0.6) is 0 Å². The molecule has 0 saturated heterocycles. The van der Waals surface area contributed by atoms with Crippen molar-refractivity contribution in [2.24, 2.45) is 10.9 Å². The van der Waals surface area contributed by atoms with Gasteiger partial charge in [0.1, 0.15) is 0 Å². The van der Waals surface area contributed by atoms with E-state index in [1.807, 2.05) is 6.92 Å². The number of amides is 2. The molecule has 4 N–H and O–H groups in total. The number of carbonyl (C=O) groups is 1. The van der Waals surface area contributed by atoms with E-state index in [2.05, 4.69) is 0 Å². The summed E-state index contributed by atoms with van der Waals surface area (Å²) in [5, 5.41) is 5.24. The first kappa shape index (κ1) is 16.0. The van der Waals surface area contributed by atoms with Gasteiger partial charge in [-0.3, -0.25) is 4.90 Å². The first-order valence-corrected chi connectivity index (χ1v) is 8.18. The van der Waals surface area contributed by atoms with E-state index in [0.29, 0.717) is 23.4 Å². The minimum atomic E-state index is -3.81. The number of primary sulfonamides is 1. The summed E-state index contributed by atoms with van der Waals surface area (Å²) in [5.41, 5.74) is 7.15. The van der Waals surface area contributed by atoms with Crippen LogP contribution in [0.4, 0.5) is 10.5 Å². The van der Waals surface area contributed by atoms with Gasteiger partial charge in [0, 0.05) is 17.8 Å². The van der Waals surface area contributed by atoms with E-state index >= 15 is 0 Å². The monoisotopic (exact) mass is 319 g/mol. The van der Waals surface area contributed by atoms with E-state index < -0.39 is 16.1 Å². The second-order valence-electron chi connectivity index (χ2n) is 4.67. The van der Waals surface area contributed by atoms with E-state index in [-0.39, 0.29) is 4.90 Å². The van der Waals surface area contributed by atoms with E-state index in [1.165, 1.54) is 11.0 Å². The van der Waals surface area contributed by atoms with Crippen molar-refractivity contribution in [2.75, 3.05) is 11.4 Å². The van der Waals surface area contributed by atoms with E-state index in [9.17, 15) is 13.2 Å². The number of anilines is 1. The molecule has 0 radical (unpaired) electrons. The average molecular weight is 319 g/mol. The number of urea groups is 1. The van der Waals surface area contributed by atoms with Crippen LogP contribution in [-0.4, -0.2) is 21.0 Å². The van der Waals surface area contributed by atoms with Crippen LogP contribution in [0.25, 0.3) is 11.1 Å². The topological polar surface area (TPSA) is 106 Å². The molecule has 0 aromatic heterocycles. The zero-order valence-electron chi connectivity index (χ0n) is 12.1. The van der Waals surface area contributed by atoms with Crippen molar-refractivity contribution in [3.63, 3.8) is 0 Å². The highest BCUT2D eigenvalue weighted by Crippen LogP contribution is 2.28. The molecule has 22 heavy (non-hydrogen) atoms. The van der Waals surface area contributed by atoms with Crippen molar-refractivity contribution in [3.8, 4) is 11.1 Å². The number of primary amides is 1. The third kappa shape index (κ3) is 3.26. The Balaban J connectivity index is 2.47. The SMILES string of the molecule is CCN(C(N)=O)c1ccc(-c2ccccc2S(N)(=O)=O)cc1. The molecule has 7 heteroatoms. The summed E-state index contributed by atoms with van der Waals surface area (Å²) in [4.78, 5) is 12.8. The second-order valence-corrected chi connectivity index (χ2v) is 6.20. The highest BCUT2D eigenvalue weighted by atomic mass is 32.2. The first-order valence-electron chi connectivity index (χ1n) is 6.64. The third-order valence-corrected chi connectivity index (χ3v) is 4.23. The van der Waals surface area contributed by atoms with E-state index in [4.69, 9.17) is 10.9 Å². The van der Waals surface area contributed by atoms with Gasteiger partial charge in [0.25, 0.3) is 0 Å². The van der Waals surface area contributed by atoms with Gasteiger partial charge in [-0.15, -0.1) is 0 Å². The van der Waals surface area contributed by atoms with Crippen LogP contribution in [0, 0.1) is 0 Å². The molecule has 0 unspecified atom stereocenters. The summed E-state index contributed by atoms with van der Waals surface area (Å²) in [6, 6.07) is 12.8. The minimum absolute atomic E-state index is 0.0602. The molecule has 0 aliphatic heterocycles. The molecule has 0 fully saturated rings. The summed E-state index contributed by atoms with van der Waals surface area (Å²) in [6.07, 6.45) is 0. The number of rotatable bonds is 4. The molecule has 2 rings (SSSR count). The van der Waals surface area contributed by atoms with Gasteiger partial charge in [0.05, 0.1) is 4.90 Å². The molecule has 116 valence electrons. The van der Waals surface area contributed by atoms with Crippen LogP contribution in [0.1, 0.15) is 6.92 Å². The third-order valence-electron chi connectivity index (χ3n) is 3.27. The van der Waals surface area contributed by atoms with Gasteiger partial charge in [-0.1, -0.05) is 30.3 Å². The molecule has 0 spiro atoms. The van der Waals surface area contributed by atoms with Gasteiger partial charge in [-0.05, 0) is 30.7 Å². The van der Waals surface area contributed by atoms with Crippen molar-refractivity contribution in [1.29, 1.82) is 0 Å². The molecule has 2 amide bonds. The van der Waals surface area contributed by atoms with Crippen molar-refractivity contribution in [1.82, 2.24) is 0 Å². The standard InChI is InChI=1S/C15H17N3O3S/c1-2-18(15(16)19)12-9-7-11(8-10-12)13-5-3-4-6-14(13)22(17,20)21/h3-10H,2H2,1H3,(H2,16,19)(H2,17,20,21). The molecule has 6 nitrogen and oxygen atoms in total.